The summed E-state index contributed by atoms with van der Waals surface area (Å²) in [5.41, 5.74) is 1.97. The van der Waals surface area contributed by atoms with Gasteiger partial charge in [-0.3, -0.25) is 0 Å². The van der Waals surface area contributed by atoms with Crippen molar-refractivity contribution in [2.24, 2.45) is 0 Å². The van der Waals surface area contributed by atoms with Gasteiger partial charge in [-0.15, -0.1) is 5.10 Å². The van der Waals surface area contributed by atoms with Crippen molar-refractivity contribution in [2.75, 3.05) is 4.72 Å². The van der Waals surface area contributed by atoms with Crippen LogP contribution in [0.15, 0.2) is 24.3 Å². The Hall–Kier alpha value is -2.53. The zero-order valence-corrected chi connectivity index (χ0v) is 12.3. The van der Waals surface area contributed by atoms with E-state index < -0.39 is 10.0 Å². The molecule has 0 fully saturated rings. The number of benzene rings is 1. The summed E-state index contributed by atoms with van der Waals surface area (Å²) >= 11 is 0. The normalized spacial score (nSPS) is 10.9. The lowest BCUT2D eigenvalue weighted by molar-refractivity contribution is 0.599. The molecule has 8 heteroatoms. The van der Waals surface area contributed by atoms with Crippen molar-refractivity contribution >= 4 is 16.0 Å². The molecule has 0 amide bonds. The zero-order valence-electron chi connectivity index (χ0n) is 11.5. The molecule has 0 saturated carbocycles. The molecule has 0 spiro atoms. The van der Waals surface area contributed by atoms with Gasteiger partial charge in [0.2, 0.25) is 10.0 Å². The molecule has 2 aromatic rings. The molecule has 0 bridgehead atoms. The summed E-state index contributed by atoms with van der Waals surface area (Å²) in [7, 11) is -3.72. The van der Waals surface area contributed by atoms with E-state index in [1.807, 2.05) is 6.07 Å². The van der Waals surface area contributed by atoms with Gasteiger partial charge in [0.15, 0.2) is 0 Å². The lowest BCUT2D eigenvalue weighted by Gasteiger charge is -2.08. The van der Waals surface area contributed by atoms with Crippen LogP contribution in [-0.2, 0) is 15.8 Å². The molecular weight excluding hydrogens is 290 g/mol. The number of sulfonamides is 1. The second kappa shape index (κ2) is 5.85. The number of anilines is 1. The Bertz CT molecular complexity index is 812. The molecule has 0 aliphatic carbocycles. The first-order valence-corrected chi connectivity index (χ1v) is 7.73. The minimum Gasteiger partial charge on any atom is -0.250 e. The molecule has 0 aliphatic rings. The van der Waals surface area contributed by atoms with Gasteiger partial charge in [0, 0.05) is 0 Å². The number of hydrogen-bond donors (Lipinski definition) is 1. The van der Waals surface area contributed by atoms with E-state index >= 15 is 0 Å². The van der Waals surface area contributed by atoms with Gasteiger partial charge >= 0.3 is 0 Å². The third-order valence-electron chi connectivity index (χ3n) is 2.82. The Labute approximate surface area is 122 Å². The van der Waals surface area contributed by atoms with Gasteiger partial charge < -0.3 is 0 Å². The summed E-state index contributed by atoms with van der Waals surface area (Å²) in [6.07, 6.45) is 0. The number of hydrogen-bond acceptors (Lipinski definition) is 6. The number of nitrogens with zero attached hydrogens (tertiary/aromatic N) is 4. The summed E-state index contributed by atoms with van der Waals surface area (Å²) in [4.78, 5) is 4.01. The van der Waals surface area contributed by atoms with Crippen LogP contribution in [0.2, 0.25) is 0 Å². The first-order valence-electron chi connectivity index (χ1n) is 6.08. The minimum atomic E-state index is -3.72. The van der Waals surface area contributed by atoms with Gasteiger partial charge in [0.25, 0.3) is 5.95 Å². The molecule has 2 rings (SSSR count). The fourth-order valence-corrected chi connectivity index (χ4v) is 2.73. The first kappa shape index (κ1) is 14.9. The number of nitrogens with one attached hydrogen (secondary N) is 1. The third kappa shape index (κ3) is 3.73. The topological polar surface area (TPSA) is 109 Å². The average molecular weight is 303 g/mol. The number of aryl methyl sites for hydroxylation is 2. The van der Waals surface area contributed by atoms with Gasteiger partial charge in [0.1, 0.15) is 0 Å². The third-order valence-corrected chi connectivity index (χ3v) is 4.01. The molecule has 0 unspecified atom stereocenters. The summed E-state index contributed by atoms with van der Waals surface area (Å²) in [6, 6.07) is 8.49. The maximum atomic E-state index is 12.1. The standard InChI is InChI=1S/C13H13N5O2S/c1-9-10(2)16-17-13(15-9)18-21(19,20)8-12-6-4-3-5-11(12)7-14/h3-6H,8H2,1-2H3,(H,15,17,18). The minimum absolute atomic E-state index is 0.0764. The Morgan fingerprint density at radius 1 is 1.19 bits per heavy atom. The van der Waals surface area contributed by atoms with Crippen molar-refractivity contribution in [2.45, 2.75) is 19.6 Å². The Morgan fingerprint density at radius 3 is 2.57 bits per heavy atom. The van der Waals surface area contributed by atoms with Gasteiger partial charge in [0.05, 0.1) is 28.8 Å². The van der Waals surface area contributed by atoms with Crippen LogP contribution in [-0.4, -0.2) is 23.6 Å². The molecule has 1 aromatic heterocycles. The SMILES string of the molecule is Cc1nnc(NS(=O)(=O)Cc2ccccc2C#N)nc1C. The Balaban J connectivity index is 2.23. The predicted octanol–water partition coefficient (Wildman–Crippen LogP) is 1.30. The van der Waals surface area contributed by atoms with E-state index in [1.165, 1.54) is 0 Å². The van der Waals surface area contributed by atoms with Crippen LogP contribution in [0, 0.1) is 25.2 Å². The highest BCUT2D eigenvalue weighted by molar-refractivity contribution is 7.91. The molecule has 0 aliphatic heterocycles. The Morgan fingerprint density at radius 2 is 1.90 bits per heavy atom. The van der Waals surface area contributed by atoms with Gasteiger partial charge in [-0.2, -0.15) is 10.4 Å². The molecule has 1 heterocycles. The molecule has 0 atom stereocenters. The summed E-state index contributed by atoms with van der Waals surface area (Å²) in [5, 5.41) is 16.5. The molecule has 7 nitrogen and oxygen atoms in total. The van der Waals surface area contributed by atoms with Crippen molar-refractivity contribution in [3.63, 3.8) is 0 Å². The summed E-state index contributed by atoms with van der Waals surface area (Å²) in [5.74, 6) is -0.403. The Kier molecular flexibility index (Phi) is 4.14. The lowest BCUT2D eigenvalue weighted by Crippen LogP contribution is -2.18. The summed E-state index contributed by atoms with van der Waals surface area (Å²) < 4.78 is 26.5. The lowest BCUT2D eigenvalue weighted by atomic mass is 10.1. The van der Waals surface area contributed by atoms with E-state index in [0.717, 1.165) is 0 Å². The number of aromatic nitrogens is 3. The summed E-state index contributed by atoms with van der Waals surface area (Å²) in [6.45, 7) is 3.45. The van der Waals surface area contributed by atoms with E-state index in [-0.39, 0.29) is 11.7 Å². The van der Waals surface area contributed by atoms with Gasteiger partial charge in [-0.05, 0) is 25.5 Å². The fraction of sp³-hybridized carbons (Fsp3) is 0.231. The largest absolute Gasteiger partial charge is 0.256 e. The first-order chi connectivity index (χ1) is 9.91. The van der Waals surface area contributed by atoms with Crippen molar-refractivity contribution in [3.8, 4) is 6.07 Å². The van der Waals surface area contributed by atoms with Crippen molar-refractivity contribution < 1.29 is 8.42 Å². The van der Waals surface area contributed by atoms with Crippen molar-refractivity contribution in [3.05, 3.63) is 46.8 Å². The van der Waals surface area contributed by atoms with Crippen LogP contribution >= 0.6 is 0 Å². The smallest absolute Gasteiger partial charge is 0.250 e. The average Bonchev–Trinajstić information content (AvgIpc) is 2.43. The molecule has 1 aromatic carbocycles. The van der Waals surface area contributed by atoms with Crippen LogP contribution < -0.4 is 4.72 Å². The van der Waals surface area contributed by atoms with Gasteiger partial charge in [-0.25, -0.2) is 18.1 Å². The highest BCUT2D eigenvalue weighted by atomic mass is 32.2. The molecular formula is C13H13N5O2S. The molecule has 1 N–H and O–H groups in total. The molecule has 0 radical (unpaired) electrons. The van der Waals surface area contributed by atoms with E-state index in [1.54, 1.807) is 38.1 Å². The number of nitriles is 1. The maximum absolute atomic E-state index is 12.1. The second-order valence-electron chi connectivity index (χ2n) is 4.44. The van der Waals surface area contributed by atoms with Crippen LogP contribution in [0.1, 0.15) is 22.5 Å². The highest BCUT2D eigenvalue weighted by Gasteiger charge is 2.16. The quantitative estimate of drug-likeness (QED) is 0.912. The zero-order chi connectivity index (χ0) is 15.5. The fourth-order valence-electron chi connectivity index (χ4n) is 1.64. The van der Waals surface area contributed by atoms with E-state index in [2.05, 4.69) is 19.9 Å². The molecule has 108 valence electrons. The van der Waals surface area contributed by atoms with Crippen LogP contribution in [0.25, 0.3) is 0 Å². The van der Waals surface area contributed by atoms with Crippen LogP contribution in [0.3, 0.4) is 0 Å². The second-order valence-corrected chi connectivity index (χ2v) is 6.16. The van der Waals surface area contributed by atoms with E-state index in [4.69, 9.17) is 5.26 Å². The monoisotopic (exact) mass is 303 g/mol. The predicted molar refractivity (Wildman–Crippen MR) is 76.7 cm³/mol. The highest BCUT2D eigenvalue weighted by Crippen LogP contribution is 2.13. The maximum Gasteiger partial charge on any atom is 0.256 e. The van der Waals surface area contributed by atoms with Gasteiger partial charge in [-0.1, -0.05) is 18.2 Å². The van der Waals surface area contributed by atoms with E-state index in [9.17, 15) is 8.42 Å². The molecule has 21 heavy (non-hydrogen) atoms. The van der Waals surface area contributed by atoms with Crippen molar-refractivity contribution in [1.82, 2.24) is 15.2 Å². The van der Waals surface area contributed by atoms with Crippen LogP contribution in [0.5, 0.6) is 0 Å². The molecule has 0 saturated heterocycles. The van der Waals surface area contributed by atoms with Crippen molar-refractivity contribution in [1.29, 1.82) is 5.26 Å². The number of rotatable bonds is 4. The van der Waals surface area contributed by atoms with E-state index in [0.29, 0.717) is 22.5 Å². The van der Waals surface area contributed by atoms with Crippen LogP contribution in [0.4, 0.5) is 5.95 Å².